The smallest absolute Gasteiger partial charge is 0.311 e. The Morgan fingerprint density at radius 3 is 2.69 bits per heavy atom. The van der Waals surface area contributed by atoms with Crippen molar-refractivity contribution in [3.8, 4) is 5.75 Å². The van der Waals surface area contributed by atoms with E-state index in [0.717, 1.165) is 18.7 Å². The van der Waals surface area contributed by atoms with Crippen molar-refractivity contribution in [2.75, 3.05) is 40.0 Å². The fourth-order valence-corrected chi connectivity index (χ4v) is 3.60. The highest BCUT2D eigenvalue weighted by Crippen LogP contribution is 2.29. The third kappa shape index (κ3) is 5.03. The average Bonchev–Trinajstić information content (AvgIpc) is 2.75. The van der Waals surface area contributed by atoms with E-state index < -0.39 is 10.8 Å². The summed E-state index contributed by atoms with van der Waals surface area (Å²) in [6, 6.07) is 11.5. The van der Waals surface area contributed by atoms with Gasteiger partial charge in [-0.05, 0) is 23.8 Å². The molecular formula is C20H22ClN3O5. The lowest BCUT2D eigenvalue weighted by Crippen LogP contribution is -2.44. The first kappa shape index (κ1) is 21.0. The van der Waals surface area contributed by atoms with E-state index in [2.05, 4.69) is 10.2 Å². The second kappa shape index (κ2) is 9.69. The van der Waals surface area contributed by atoms with E-state index in [-0.39, 0.29) is 23.0 Å². The van der Waals surface area contributed by atoms with Crippen molar-refractivity contribution in [2.45, 2.75) is 6.04 Å². The summed E-state index contributed by atoms with van der Waals surface area (Å²) in [5.74, 6) is -0.296. The molecule has 1 aliphatic rings. The molecule has 1 unspecified atom stereocenters. The van der Waals surface area contributed by atoms with Crippen molar-refractivity contribution in [3.05, 3.63) is 68.7 Å². The number of morpholine rings is 1. The van der Waals surface area contributed by atoms with Crippen LogP contribution in [-0.2, 0) is 4.74 Å². The van der Waals surface area contributed by atoms with Gasteiger partial charge in [0.15, 0.2) is 5.75 Å². The maximum Gasteiger partial charge on any atom is 0.311 e. The molecular weight excluding hydrogens is 398 g/mol. The molecule has 1 atom stereocenters. The zero-order chi connectivity index (χ0) is 20.8. The molecule has 9 heteroatoms. The Labute approximate surface area is 173 Å². The molecule has 1 aliphatic heterocycles. The number of nitrogens with one attached hydrogen (secondary N) is 1. The number of ether oxygens (including phenoxy) is 2. The Morgan fingerprint density at radius 2 is 2.03 bits per heavy atom. The summed E-state index contributed by atoms with van der Waals surface area (Å²) < 4.78 is 10.4. The molecule has 0 aromatic heterocycles. The van der Waals surface area contributed by atoms with Crippen LogP contribution in [-0.4, -0.2) is 55.7 Å². The normalized spacial score (nSPS) is 15.5. The van der Waals surface area contributed by atoms with Gasteiger partial charge in [0, 0.05) is 36.3 Å². The van der Waals surface area contributed by atoms with Crippen LogP contribution in [0.4, 0.5) is 5.69 Å². The van der Waals surface area contributed by atoms with Gasteiger partial charge in [-0.2, -0.15) is 0 Å². The van der Waals surface area contributed by atoms with E-state index >= 15 is 0 Å². The van der Waals surface area contributed by atoms with Crippen LogP contribution in [0.5, 0.6) is 5.75 Å². The first-order valence-electron chi connectivity index (χ1n) is 9.18. The third-order valence-electron chi connectivity index (χ3n) is 4.84. The minimum absolute atomic E-state index is 0.105. The summed E-state index contributed by atoms with van der Waals surface area (Å²) in [5.41, 5.74) is 0.852. The first-order chi connectivity index (χ1) is 14.0. The maximum absolute atomic E-state index is 12.7. The molecule has 0 saturated carbocycles. The molecule has 2 aromatic rings. The third-order valence-corrected chi connectivity index (χ3v) is 5.19. The summed E-state index contributed by atoms with van der Waals surface area (Å²) >= 11 is 6.40. The summed E-state index contributed by atoms with van der Waals surface area (Å²) in [7, 11) is 1.35. The van der Waals surface area contributed by atoms with Gasteiger partial charge >= 0.3 is 5.69 Å². The molecule has 2 aromatic carbocycles. The van der Waals surface area contributed by atoms with Crippen molar-refractivity contribution in [3.63, 3.8) is 0 Å². The second-order valence-electron chi connectivity index (χ2n) is 6.54. The molecule has 29 heavy (non-hydrogen) atoms. The maximum atomic E-state index is 12.7. The number of carbonyl (C=O) groups is 1. The summed E-state index contributed by atoms with van der Waals surface area (Å²) in [4.78, 5) is 25.5. The van der Waals surface area contributed by atoms with Crippen LogP contribution in [0.25, 0.3) is 0 Å². The van der Waals surface area contributed by atoms with Gasteiger partial charge in [-0.15, -0.1) is 0 Å². The van der Waals surface area contributed by atoms with Crippen LogP contribution in [0.3, 0.4) is 0 Å². The lowest BCUT2D eigenvalue weighted by molar-refractivity contribution is -0.385. The number of nitro benzene ring substituents is 1. The van der Waals surface area contributed by atoms with Crippen molar-refractivity contribution in [2.24, 2.45) is 0 Å². The van der Waals surface area contributed by atoms with Gasteiger partial charge in [0.25, 0.3) is 5.91 Å². The Kier molecular flexibility index (Phi) is 7.03. The minimum atomic E-state index is -0.574. The van der Waals surface area contributed by atoms with Gasteiger partial charge in [0.2, 0.25) is 0 Å². The number of hydrogen-bond acceptors (Lipinski definition) is 6. The van der Waals surface area contributed by atoms with Gasteiger partial charge in [0.05, 0.1) is 31.3 Å². The van der Waals surface area contributed by atoms with Crippen LogP contribution >= 0.6 is 11.6 Å². The number of carbonyl (C=O) groups excluding carboxylic acids is 1. The molecule has 1 amide bonds. The van der Waals surface area contributed by atoms with Crippen LogP contribution in [0.2, 0.25) is 5.02 Å². The highest BCUT2D eigenvalue weighted by atomic mass is 35.5. The lowest BCUT2D eigenvalue weighted by Gasteiger charge is -2.35. The summed E-state index contributed by atoms with van der Waals surface area (Å²) in [6.07, 6.45) is 0. The van der Waals surface area contributed by atoms with E-state index in [4.69, 9.17) is 21.1 Å². The van der Waals surface area contributed by atoms with Crippen LogP contribution in [0, 0.1) is 10.1 Å². The van der Waals surface area contributed by atoms with Gasteiger partial charge in [-0.3, -0.25) is 19.8 Å². The van der Waals surface area contributed by atoms with E-state index in [1.54, 1.807) is 0 Å². The molecule has 1 fully saturated rings. The predicted octanol–water partition coefficient (Wildman–Crippen LogP) is 3.06. The van der Waals surface area contributed by atoms with Crippen LogP contribution in [0.15, 0.2) is 42.5 Å². The van der Waals surface area contributed by atoms with Crippen molar-refractivity contribution < 1.29 is 19.2 Å². The Morgan fingerprint density at radius 1 is 1.31 bits per heavy atom. The zero-order valence-corrected chi connectivity index (χ0v) is 16.7. The number of halogens is 1. The molecule has 1 saturated heterocycles. The van der Waals surface area contributed by atoms with Gasteiger partial charge in [0.1, 0.15) is 0 Å². The zero-order valence-electron chi connectivity index (χ0n) is 16.0. The quantitative estimate of drug-likeness (QED) is 0.547. The van der Waals surface area contributed by atoms with Crippen molar-refractivity contribution >= 4 is 23.2 Å². The Hall–Kier alpha value is -2.68. The van der Waals surface area contributed by atoms with E-state index in [1.165, 1.54) is 25.3 Å². The SMILES string of the molecule is COc1ccc(C(=O)NCC(c2ccccc2Cl)N2CCOCC2)cc1[N+](=O)[O-]. The molecule has 0 spiro atoms. The molecule has 0 bridgehead atoms. The van der Waals surface area contributed by atoms with E-state index in [1.807, 2.05) is 24.3 Å². The number of methoxy groups -OCH3 is 1. The van der Waals surface area contributed by atoms with Crippen molar-refractivity contribution in [1.82, 2.24) is 10.2 Å². The molecule has 3 rings (SSSR count). The highest BCUT2D eigenvalue weighted by molar-refractivity contribution is 6.31. The molecule has 0 aliphatic carbocycles. The standard InChI is InChI=1S/C20H22ClN3O5/c1-28-19-7-6-14(12-17(19)24(26)27)20(25)22-13-18(23-8-10-29-11-9-23)15-4-2-3-5-16(15)21/h2-7,12,18H,8-11,13H2,1H3,(H,22,25). The number of nitrogens with zero attached hydrogens (tertiary/aromatic N) is 2. The first-order valence-corrected chi connectivity index (χ1v) is 9.56. The van der Waals surface area contributed by atoms with Crippen molar-refractivity contribution in [1.29, 1.82) is 0 Å². The highest BCUT2D eigenvalue weighted by Gasteiger charge is 2.25. The summed E-state index contributed by atoms with van der Waals surface area (Å²) in [6.45, 7) is 2.97. The molecule has 154 valence electrons. The lowest BCUT2D eigenvalue weighted by atomic mass is 10.0. The Bertz CT molecular complexity index is 886. The number of hydrogen-bond donors (Lipinski definition) is 1. The number of nitro groups is 1. The van der Waals surface area contributed by atoms with Crippen LogP contribution < -0.4 is 10.1 Å². The summed E-state index contributed by atoms with van der Waals surface area (Å²) in [5, 5.41) is 14.7. The van der Waals surface area contributed by atoms with E-state index in [0.29, 0.717) is 24.8 Å². The Balaban J connectivity index is 1.78. The second-order valence-corrected chi connectivity index (χ2v) is 6.95. The number of amides is 1. The van der Waals surface area contributed by atoms with Gasteiger partial charge < -0.3 is 14.8 Å². The van der Waals surface area contributed by atoms with Crippen LogP contribution in [0.1, 0.15) is 22.0 Å². The largest absolute Gasteiger partial charge is 0.490 e. The molecule has 1 N–H and O–H groups in total. The average molecular weight is 420 g/mol. The number of rotatable bonds is 7. The fourth-order valence-electron chi connectivity index (χ4n) is 3.34. The van der Waals surface area contributed by atoms with Gasteiger partial charge in [-0.25, -0.2) is 0 Å². The monoisotopic (exact) mass is 419 g/mol. The molecule has 1 heterocycles. The van der Waals surface area contributed by atoms with Gasteiger partial charge in [-0.1, -0.05) is 29.8 Å². The minimum Gasteiger partial charge on any atom is -0.490 e. The van der Waals surface area contributed by atoms with E-state index in [9.17, 15) is 14.9 Å². The number of benzene rings is 2. The molecule has 0 radical (unpaired) electrons. The predicted molar refractivity (Wildman–Crippen MR) is 109 cm³/mol. The fraction of sp³-hybridized carbons (Fsp3) is 0.350. The topological polar surface area (TPSA) is 93.9 Å². The molecule has 8 nitrogen and oxygen atoms in total.